The van der Waals surface area contributed by atoms with Gasteiger partial charge in [-0.1, -0.05) is 55.6 Å². The van der Waals surface area contributed by atoms with E-state index in [9.17, 15) is 13.5 Å². The molecule has 1 heterocycles. The summed E-state index contributed by atoms with van der Waals surface area (Å²) in [4.78, 5) is 6.08. The Morgan fingerprint density at radius 2 is 1.79 bits per heavy atom. The molecule has 2 aliphatic rings. The highest BCUT2D eigenvalue weighted by Crippen LogP contribution is 2.36. The largest absolute Gasteiger partial charge is 0.393 e. The maximum absolute atomic E-state index is 13.2. The molecule has 0 unspecified atom stereocenters. The molecule has 0 aliphatic heterocycles. The lowest BCUT2D eigenvalue weighted by Gasteiger charge is -2.26. The summed E-state index contributed by atoms with van der Waals surface area (Å²) in [7, 11) is -3.64. The Balaban J connectivity index is 1.48. The number of aryl methyl sites for hydroxylation is 2. The van der Waals surface area contributed by atoms with E-state index in [1.165, 1.54) is 38.5 Å². The summed E-state index contributed by atoms with van der Waals surface area (Å²) >= 11 is 1.60. The van der Waals surface area contributed by atoms with Gasteiger partial charge in [0.15, 0.2) is 5.13 Å². The number of aliphatic hydroxyl groups is 1. The molecule has 34 heavy (non-hydrogen) atoms. The van der Waals surface area contributed by atoms with Crippen LogP contribution in [0.1, 0.15) is 82.4 Å². The molecule has 0 amide bonds. The maximum Gasteiger partial charge on any atom is 0.241 e. The Morgan fingerprint density at radius 3 is 2.50 bits per heavy atom. The number of anilines is 1. The number of benzene rings is 1. The fourth-order valence-corrected chi connectivity index (χ4v) is 8.08. The van der Waals surface area contributed by atoms with Gasteiger partial charge in [0.05, 0.1) is 21.6 Å². The van der Waals surface area contributed by atoms with E-state index in [-0.39, 0.29) is 12.1 Å². The molecular formula is C26H39N3O3S2. The quantitative estimate of drug-likeness (QED) is 0.423. The summed E-state index contributed by atoms with van der Waals surface area (Å²) < 4.78 is 29.3. The molecule has 6 nitrogen and oxygen atoms in total. The van der Waals surface area contributed by atoms with E-state index in [1.807, 2.05) is 26.0 Å². The van der Waals surface area contributed by atoms with Gasteiger partial charge in [-0.15, -0.1) is 0 Å². The molecule has 1 aromatic carbocycles. The average Bonchev–Trinajstić information content (AvgIpc) is 3.15. The van der Waals surface area contributed by atoms with Gasteiger partial charge in [0.2, 0.25) is 10.0 Å². The van der Waals surface area contributed by atoms with E-state index in [1.54, 1.807) is 17.4 Å². The molecule has 4 rings (SSSR count). The van der Waals surface area contributed by atoms with Crippen LogP contribution in [0.25, 0.3) is 10.4 Å². The van der Waals surface area contributed by atoms with Gasteiger partial charge in [-0.2, -0.15) is 0 Å². The second-order valence-electron chi connectivity index (χ2n) is 10.3. The predicted octanol–water partition coefficient (Wildman–Crippen LogP) is 5.78. The van der Waals surface area contributed by atoms with Crippen molar-refractivity contribution >= 4 is 26.5 Å². The fourth-order valence-electron chi connectivity index (χ4n) is 5.43. The van der Waals surface area contributed by atoms with Crippen molar-refractivity contribution in [2.45, 2.75) is 108 Å². The third-order valence-electron chi connectivity index (χ3n) is 7.34. The highest BCUT2D eigenvalue weighted by atomic mass is 32.2. The lowest BCUT2D eigenvalue weighted by molar-refractivity contribution is 0.120. The zero-order valence-electron chi connectivity index (χ0n) is 20.6. The summed E-state index contributed by atoms with van der Waals surface area (Å²) in [6.07, 6.45) is 10.2. The molecule has 0 spiro atoms. The summed E-state index contributed by atoms with van der Waals surface area (Å²) in [6, 6.07) is 5.90. The van der Waals surface area contributed by atoms with Gasteiger partial charge >= 0.3 is 0 Å². The van der Waals surface area contributed by atoms with Crippen LogP contribution >= 0.6 is 11.3 Å². The molecule has 2 saturated carbocycles. The second-order valence-corrected chi connectivity index (χ2v) is 13.0. The first-order valence-electron chi connectivity index (χ1n) is 12.8. The van der Waals surface area contributed by atoms with Crippen LogP contribution in [-0.2, 0) is 10.0 Å². The standard InChI is InChI=1S/C26H39N3O3S2/c1-17-9-10-21(16-24(17)34(31,32)29-22-11-13-23(30)14-12-22)25-19(3)28-26(33-25)27-18(2)15-20-7-5-4-6-8-20/h9-10,16,18,20,22-23,29-30H,4-8,11-15H2,1-3H3,(H,27,28)/t18-,22?,23?/m1/s1. The van der Waals surface area contributed by atoms with E-state index in [0.717, 1.165) is 32.7 Å². The lowest BCUT2D eigenvalue weighted by atomic mass is 9.85. The van der Waals surface area contributed by atoms with E-state index < -0.39 is 10.0 Å². The summed E-state index contributed by atoms with van der Waals surface area (Å²) in [6.45, 7) is 6.06. The van der Waals surface area contributed by atoms with Gasteiger partial charge < -0.3 is 10.4 Å². The third-order valence-corrected chi connectivity index (χ3v) is 10.1. The van der Waals surface area contributed by atoms with Crippen LogP contribution in [0.4, 0.5) is 5.13 Å². The van der Waals surface area contributed by atoms with Gasteiger partial charge in [0.1, 0.15) is 0 Å². The van der Waals surface area contributed by atoms with E-state index in [4.69, 9.17) is 4.98 Å². The van der Waals surface area contributed by atoms with Crippen LogP contribution in [0.5, 0.6) is 0 Å². The monoisotopic (exact) mass is 505 g/mol. The number of sulfonamides is 1. The zero-order chi connectivity index (χ0) is 24.3. The minimum absolute atomic E-state index is 0.122. The minimum Gasteiger partial charge on any atom is -0.393 e. The molecule has 1 atom stereocenters. The highest BCUT2D eigenvalue weighted by Gasteiger charge is 2.26. The van der Waals surface area contributed by atoms with Crippen molar-refractivity contribution in [3.8, 4) is 10.4 Å². The van der Waals surface area contributed by atoms with Gasteiger partial charge in [-0.25, -0.2) is 18.1 Å². The molecule has 8 heteroatoms. The molecular weight excluding hydrogens is 466 g/mol. The number of hydrogen-bond donors (Lipinski definition) is 3. The molecule has 2 aliphatic carbocycles. The molecule has 1 aromatic heterocycles. The van der Waals surface area contributed by atoms with E-state index in [2.05, 4.69) is 17.0 Å². The lowest BCUT2D eigenvalue weighted by Crippen LogP contribution is -2.38. The first kappa shape index (κ1) is 25.6. The van der Waals surface area contributed by atoms with Crippen LogP contribution in [0.2, 0.25) is 0 Å². The first-order valence-corrected chi connectivity index (χ1v) is 15.1. The normalized spacial score (nSPS) is 23.1. The maximum atomic E-state index is 13.2. The van der Waals surface area contributed by atoms with Crippen LogP contribution in [0, 0.1) is 19.8 Å². The van der Waals surface area contributed by atoms with Gasteiger partial charge in [-0.05, 0) is 76.0 Å². The number of hydrogen-bond acceptors (Lipinski definition) is 6. The molecule has 0 saturated heterocycles. The van der Waals surface area contributed by atoms with Crippen molar-refractivity contribution in [3.05, 3.63) is 29.5 Å². The summed E-state index contributed by atoms with van der Waals surface area (Å²) in [5.41, 5.74) is 2.53. The molecule has 2 aromatic rings. The predicted molar refractivity (Wildman–Crippen MR) is 140 cm³/mol. The Hall–Kier alpha value is -1.48. The highest BCUT2D eigenvalue weighted by molar-refractivity contribution is 7.89. The van der Waals surface area contributed by atoms with Crippen LogP contribution in [0.3, 0.4) is 0 Å². The number of thiazole rings is 1. The molecule has 188 valence electrons. The fraction of sp³-hybridized carbons (Fsp3) is 0.654. The summed E-state index contributed by atoms with van der Waals surface area (Å²) in [5.74, 6) is 0.807. The van der Waals surface area contributed by atoms with E-state index in [0.29, 0.717) is 36.6 Å². The van der Waals surface area contributed by atoms with Gasteiger partial charge in [0.25, 0.3) is 0 Å². The Labute approximate surface area is 208 Å². The van der Waals surface area contributed by atoms with Crippen molar-refractivity contribution in [3.63, 3.8) is 0 Å². The second kappa shape index (κ2) is 11.1. The number of aliphatic hydroxyl groups excluding tert-OH is 1. The first-order chi connectivity index (χ1) is 16.2. The van der Waals surface area contributed by atoms with Crippen LogP contribution < -0.4 is 10.0 Å². The van der Waals surface area contributed by atoms with Crippen molar-refractivity contribution in [1.82, 2.24) is 9.71 Å². The number of rotatable bonds is 8. The smallest absolute Gasteiger partial charge is 0.241 e. The number of nitrogens with zero attached hydrogens (tertiary/aromatic N) is 1. The molecule has 0 radical (unpaired) electrons. The minimum atomic E-state index is -3.64. The Morgan fingerprint density at radius 1 is 1.09 bits per heavy atom. The average molecular weight is 506 g/mol. The zero-order valence-corrected chi connectivity index (χ0v) is 22.3. The van der Waals surface area contributed by atoms with E-state index >= 15 is 0 Å². The third kappa shape index (κ3) is 6.39. The van der Waals surface area contributed by atoms with Crippen molar-refractivity contribution < 1.29 is 13.5 Å². The van der Waals surface area contributed by atoms with Crippen molar-refractivity contribution in [1.29, 1.82) is 0 Å². The topological polar surface area (TPSA) is 91.3 Å². The van der Waals surface area contributed by atoms with Gasteiger partial charge in [-0.3, -0.25) is 0 Å². The SMILES string of the molecule is Cc1ccc(-c2sc(N[C@H](C)CC3CCCCC3)nc2C)cc1S(=O)(=O)NC1CCC(O)CC1. The van der Waals surface area contributed by atoms with Crippen LogP contribution in [-0.4, -0.2) is 36.7 Å². The number of aromatic nitrogens is 1. The summed E-state index contributed by atoms with van der Waals surface area (Å²) in [5, 5.41) is 14.2. The Bertz CT molecular complexity index is 1070. The Kier molecular flexibility index (Phi) is 8.33. The number of nitrogens with one attached hydrogen (secondary N) is 2. The molecule has 2 fully saturated rings. The van der Waals surface area contributed by atoms with Crippen LogP contribution in [0.15, 0.2) is 23.1 Å². The molecule has 0 bridgehead atoms. The van der Waals surface area contributed by atoms with Gasteiger partial charge in [0, 0.05) is 12.1 Å². The van der Waals surface area contributed by atoms with Crippen molar-refractivity contribution in [2.75, 3.05) is 5.32 Å². The molecule has 3 N–H and O–H groups in total. The van der Waals surface area contributed by atoms with Crippen molar-refractivity contribution in [2.24, 2.45) is 5.92 Å².